The molecule has 1 aliphatic heterocycles. The Hall–Kier alpha value is -1.26. The minimum Gasteiger partial charge on any atom is -0.463 e. The van der Waals surface area contributed by atoms with E-state index in [1.165, 1.54) is 0 Å². The van der Waals surface area contributed by atoms with Crippen molar-refractivity contribution in [2.75, 3.05) is 19.7 Å². The number of rotatable bonds is 3. The molecule has 2 fully saturated rings. The normalized spacial score (nSPS) is 21.8. The van der Waals surface area contributed by atoms with Crippen molar-refractivity contribution in [3.05, 3.63) is 0 Å². The molecule has 1 amide bonds. The summed E-state index contributed by atoms with van der Waals surface area (Å²) < 4.78 is 10.2. The summed E-state index contributed by atoms with van der Waals surface area (Å²) in [6.45, 7) is 3.54. The fourth-order valence-electron chi connectivity index (χ4n) is 2.03. The Kier molecular flexibility index (Phi) is 3.54. The van der Waals surface area contributed by atoms with Crippen LogP contribution >= 0.6 is 0 Å². The zero-order valence-corrected chi connectivity index (χ0v) is 10.2. The van der Waals surface area contributed by atoms with Gasteiger partial charge in [0.2, 0.25) is 5.60 Å². The Bertz CT molecular complexity index is 306. The molecule has 0 bridgehead atoms. The summed E-state index contributed by atoms with van der Waals surface area (Å²) in [5.41, 5.74) is -0.968. The fraction of sp³-hybridized carbons (Fsp3) is 0.833. The van der Waals surface area contributed by atoms with Crippen LogP contribution in [0.25, 0.3) is 0 Å². The summed E-state index contributed by atoms with van der Waals surface area (Å²) in [6.07, 6.45) is 4.00. The Morgan fingerprint density at radius 2 is 1.82 bits per heavy atom. The van der Waals surface area contributed by atoms with E-state index in [-0.39, 0.29) is 6.09 Å². The first-order valence-electron chi connectivity index (χ1n) is 6.33. The molecule has 2 rings (SSSR count). The molecular weight excluding hydrogens is 222 g/mol. The van der Waals surface area contributed by atoms with Gasteiger partial charge in [-0.2, -0.15) is 0 Å². The third-order valence-corrected chi connectivity index (χ3v) is 3.25. The van der Waals surface area contributed by atoms with Gasteiger partial charge < -0.3 is 14.4 Å². The van der Waals surface area contributed by atoms with Crippen LogP contribution in [-0.2, 0) is 14.3 Å². The first-order chi connectivity index (χ1) is 8.18. The summed E-state index contributed by atoms with van der Waals surface area (Å²) in [5.74, 6) is -0.398. The maximum absolute atomic E-state index is 11.9. The average molecular weight is 241 g/mol. The lowest BCUT2D eigenvalue weighted by molar-refractivity contribution is -0.156. The molecule has 0 N–H and O–H groups in total. The molecule has 0 radical (unpaired) electrons. The maximum Gasteiger partial charge on any atom is 0.410 e. The van der Waals surface area contributed by atoms with E-state index in [0.717, 1.165) is 32.4 Å². The van der Waals surface area contributed by atoms with Crippen LogP contribution in [0.4, 0.5) is 4.79 Å². The molecular formula is C12H19NO4. The monoisotopic (exact) mass is 241 g/mol. The van der Waals surface area contributed by atoms with Crippen LogP contribution < -0.4 is 0 Å². The zero-order valence-electron chi connectivity index (χ0n) is 10.2. The number of likely N-dealkylation sites (tertiary alicyclic amines) is 1. The topological polar surface area (TPSA) is 55.8 Å². The molecule has 0 aromatic heterocycles. The van der Waals surface area contributed by atoms with Gasteiger partial charge >= 0.3 is 12.1 Å². The number of carbonyl (C=O) groups is 2. The largest absolute Gasteiger partial charge is 0.463 e. The minimum absolute atomic E-state index is 0.321. The third kappa shape index (κ3) is 2.70. The maximum atomic E-state index is 11.9. The number of hydrogen-bond acceptors (Lipinski definition) is 4. The third-order valence-electron chi connectivity index (χ3n) is 3.25. The number of amides is 1. The van der Waals surface area contributed by atoms with Crippen LogP contribution in [0, 0.1) is 0 Å². The standard InChI is InChI=1S/C12H19NO4/c1-2-16-10(14)12(6-7-12)17-11(15)13-8-4-3-5-9-13/h2-9H2,1H3. The lowest BCUT2D eigenvalue weighted by Crippen LogP contribution is -2.41. The highest BCUT2D eigenvalue weighted by Crippen LogP contribution is 2.41. The molecule has 0 spiro atoms. The second kappa shape index (κ2) is 4.94. The first-order valence-corrected chi connectivity index (χ1v) is 6.33. The lowest BCUT2D eigenvalue weighted by Gasteiger charge is -2.27. The molecule has 0 atom stereocenters. The second-order valence-corrected chi connectivity index (χ2v) is 4.63. The number of nitrogens with zero attached hydrogens (tertiary/aromatic N) is 1. The second-order valence-electron chi connectivity index (χ2n) is 4.63. The van der Waals surface area contributed by atoms with Crippen molar-refractivity contribution in [2.24, 2.45) is 0 Å². The van der Waals surface area contributed by atoms with Crippen molar-refractivity contribution in [2.45, 2.75) is 44.6 Å². The van der Waals surface area contributed by atoms with Crippen molar-refractivity contribution >= 4 is 12.1 Å². The van der Waals surface area contributed by atoms with Crippen molar-refractivity contribution in [3.63, 3.8) is 0 Å². The highest BCUT2D eigenvalue weighted by atomic mass is 16.6. The van der Waals surface area contributed by atoms with Crippen molar-refractivity contribution in [1.82, 2.24) is 4.90 Å². The Morgan fingerprint density at radius 3 is 2.35 bits per heavy atom. The van der Waals surface area contributed by atoms with Gasteiger partial charge in [0.1, 0.15) is 0 Å². The van der Waals surface area contributed by atoms with E-state index < -0.39 is 11.6 Å². The van der Waals surface area contributed by atoms with E-state index in [2.05, 4.69) is 0 Å². The highest BCUT2D eigenvalue weighted by molar-refractivity contribution is 5.86. The molecule has 0 unspecified atom stereocenters. The minimum atomic E-state index is -0.968. The van der Waals surface area contributed by atoms with Gasteiger partial charge in [-0.3, -0.25) is 0 Å². The van der Waals surface area contributed by atoms with Crippen LogP contribution in [0.3, 0.4) is 0 Å². The average Bonchev–Trinajstić information content (AvgIpc) is 3.11. The van der Waals surface area contributed by atoms with Crippen molar-refractivity contribution in [1.29, 1.82) is 0 Å². The van der Waals surface area contributed by atoms with E-state index in [9.17, 15) is 9.59 Å². The van der Waals surface area contributed by atoms with E-state index >= 15 is 0 Å². The van der Waals surface area contributed by atoms with Gasteiger partial charge in [-0.15, -0.1) is 0 Å². The van der Waals surface area contributed by atoms with Crippen molar-refractivity contribution in [3.8, 4) is 0 Å². The van der Waals surface area contributed by atoms with Gasteiger partial charge in [-0.1, -0.05) is 0 Å². The summed E-state index contributed by atoms with van der Waals surface area (Å²) in [5, 5.41) is 0. The predicted octanol–water partition coefficient (Wildman–Crippen LogP) is 1.70. The quantitative estimate of drug-likeness (QED) is 0.706. The van der Waals surface area contributed by atoms with Gasteiger partial charge in [0.15, 0.2) is 0 Å². The number of ether oxygens (including phenoxy) is 2. The summed E-state index contributed by atoms with van der Waals surface area (Å²) in [7, 11) is 0. The van der Waals surface area contributed by atoms with E-state index in [1.54, 1.807) is 11.8 Å². The molecule has 17 heavy (non-hydrogen) atoms. The predicted molar refractivity (Wildman–Crippen MR) is 60.5 cm³/mol. The molecule has 5 heteroatoms. The smallest absolute Gasteiger partial charge is 0.410 e. The Balaban J connectivity index is 1.87. The van der Waals surface area contributed by atoms with E-state index in [0.29, 0.717) is 19.4 Å². The SMILES string of the molecule is CCOC(=O)C1(OC(=O)N2CCCCC2)CC1. The first kappa shape index (κ1) is 12.2. The summed E-state index contributed by atoms with van der Waals surface area (Å²) in [6, 6.07) is 0. The molecule has 1 saturated heterocycles. The van der Waals surface area contributed by atoms with Crippen LogP contribution in [0.2, 0.25) is 0 Å². The van der Waals surface area contributed by atoms with Crippen LogP contribution in [0.5, 0.6) is 0 Å². The number of carbonyl (C=O) groups excluding carboxylic acids is 2. The number of hydrogen-bond donors (Lipinski definition) is 0. The van der Waals surface area contributed by atoms with E-state index in [1.807, 2.05) is 0 Å². The Labute approximate surface area is 101 Å². The molecule has 96 valence electrons. The summed E-state index contributed by atoms with van der Waals surface area (Å²) >= 11 is 0. The molecule has 5 nitrogen and oxygen atoms in total. The highest BCUT2D eigenvalue weighted by Gasteiger charge is 2.56. The van der Waals surface area contributed by atoms with E-state index in [4.69, 9.17) is 9.47 Å². The molecule has 0 aromatic carbocycles. The molecule has 0 aromatic rings. The van der Waals surface area contributed by atoms with Gasteiger partial charge in [-0.05, 0) is 26.2 Å². The van der Waals surface area contributed by atoms with Gasteiger partial charge in [-0.25, -0.2) is 9.59 Å². The zero-order chi connectivity index (χ0) is 12.3. The van der Waals surface area contributed by atoms with Crippen LogP contribution in [-0.4, -0.2) is 42.3 Å². The lowest BCUT2D eigenvalue weighted by atomic mass is 10.1. The Morgan fingerprint density at radius 1 is 1.18 bits per heavy atom. The molecule has 1 aliphatic carbocycles. The number of esters is 1. The van der Waals surface area contributed by atoms with Crippen LogP contribution in [0.15, 0.2) is 0 Å². The number of piperidine rings is 1. The molecule has 2 aliphatic rings. The molecule has 1 heterocycles. The summed E-state index contributed by atoms with van der Waals surface area (Å²) in [4.78, 5) is 25.2. The fourth-order valence-corrected chi connectivity index (χ4v) is 2.03. The molecule has 1 saturated carbocycles. The van der Waals surface area contributed by atoms with Gasteiger partial charge in [0.05, 0.1) is 6.61 Å². The van der Waals surface area contributed by atoms with Crippen molar-refractivity contribution < 1.29 is 19.1 Å². The van der Waals surface area contributed by atoms with Gasteiger partial charge in [0.25, 0.3) is 0 Å². The van der Waals surface area contributed by atoms with Gasteiger partial charge in [0, 0.05) is 25.9 Å². The van der Waals surface area contributed by atoms with Crippen LogP contribution in [0.1, 0.15) is 39.0 Å².